The van der Waals surface area contributed by atoms with Gasteiger partial charge in [0.25, 0.3) is 0 Å². The molecule has 0 saturated heterocycles. The number of anilines is 1. The Labute approximate surface area is 124 Å². The summed E-state index contributed by atoms with van der Waals surface area (Å²) in [6.45, 7) is 4.33. The lowest BCUT2D eigenvalue weighted by molar-refractivity contribution is 0.251. The lowest BCUT2D eigenvalue weighted by atomic mass is 10.1. The van der Waals surface area contributed by atoms with Crippen LogP contribution in [0.1, 0.15) is 16.7 Å². The zero-order valence-electron chi connectivity index (χ0n) is 12.4. The third-order valence-corrected chi connectivity index (χ3v) is 3.17. The number of benzene rings is 1. The molecule has 0 fully saturated rings. The van der Waals surface area contributed by atoms with Gasteiger partial charge in [0.15, 0.2) is 0 Å². The number of carbonyl (C=O) groups is 1. The molecule has 110 valence electrons. The van der Waals surface area contributed by atoms with Crippen LogP contribution in [0.15, 0.2) is 36.7 Å². The molecule has 2 amide bonds. The van der Waals surface area contributed by atoms with Crippen molar-refractivity contribution < 1.29 is 9.53 Å². The summed E-state index contributed by atoms with van der Waals surface area (Å²) in [5, 5.41) is 5.66. The Bertz CT molecular complexity index is 627. The van der Waals surface area contributed by atoms with E-state index in [2.05, 4.69) is 15.6 Å². The molecule has 0 aliphatic heterocycles. The predicted molar refractivity (Wildman–Crippen MR) is 82.6 cm³/mol. The molecule has 0 aliphatic carbocycles. The molecule has 0 saturated carbocycles. The Morgan fingerprint density at radius 3 is 2.62 bits per heavy atom. The zero-order chi connectivity index (χ0) is 15.2. The number of amides is 2. The van der Waals surface area contributed by atoms with Crippen LogP contribution in [0.2, 0.25) is 0 Å². The standard InChI is InChI=1S/C16H19N3O2/c1-11-8-14(12(2)15(9-11)21-3)19-16(20)18-10-13-4-6-17-7-5-13/h4-9H,10H2,1-3H3,(H2,18,19,20). The first kappa shape index (κ1) is 14.8. The number of aryl methyl sites for hydroxylation is 1. The number of carbonyl (C=O) groups excluding carboxylic acids is 1. The Morgan fingerprint density at radius 2 is 1.95 bits per heavy atom. The monoisotopic (exact) mass is 285 g/mol. The molecule has 2 N–H and O–H groups in total. The van der Waals surface area contributed by atoms with Crippen LogP contribution in [0.25, 0.3) is 0 Å². The van der Waals surface area contributed by atoms with Crippen LogP contribution in [0.5, 0.6) is 5.75 Å². The minimum absolute atomic E-state index is 0.248. The first-order valence-corrected chi connectivity index (χ1v) is 6.69. The van der Waals surface area contributed by atoms with Gasteiger partial charge in [-0.05, 0) is 49.2 Å². The molecule has 0 atom stereocenters. The van der Waals surface area contributed by atoms with Gasteiger partial charge in [0.05, 0.1) is 7.11 Å². The van der Waals surface area contributed by atoms with E-state index >= 15 is 0 Å². The van der Waals surface area contributed by atoms with Gasteiger partial charge in [-0.3, -0.25) is 4.98 Å². The van der Waals surface area contributed by atoms with Crippen molar-refractivity contribution in [3.05, 3.63) is 53.3 Å². The van der Waals surface area contributed by atoms with Crippen LogP contribution in [-0.2, 0) is 6.54 Å². The fourth-order valence-electron chi connectivity index (χ4n) is 2.02. The number of nitrogens with zero attached hydrogens (tertiary/aromatic N) is 1. The van der Waals surface area contributed by atoms with Crippen molar-refractivity contribution in [1.29, 1.82) is 0 Å². The van der Waals surface area contributed by atoms with Crippen molar-refractivity contribution in [2.24, 2.45) is 0 Å². The van der Waals surface area contributed by atoms with Crippen LogP contribution in [0.4, 0.5) is 10.5 Å². The Kier molecular flexibility index (Phi) is 4.77. The van der Waals surface area contributed by atoms with Crippen LogP contribution < -0.4 is 15.4 Å². The maximum atomic E-state index is 12.0. The summed E-state index contributed by atoms with van der Waals surface area (Å²) in [6.07, 6.45) is 3.40. The van der Waals surface area contributed by atoms with Crippen LogP contribution in [-0.4, -0.2) is 18.1 Å². The maximum absolute atomic E-state index is 12.0. The van der Waals surface area contributed by atoms with Crippen molar-refractivity contribution in [3.8, 4) is 5.75 Å². The van der Waals surface area contributed by atoms with Crippen molar-refractivity contribution in [3.63, 3.8) is 0 Å². The summed E-state index contributed by atoms with van der Waals surface area (Å²) in [5.41, 5.74) is 3.68. The number of hydrogen-bond acceptors (Lipinski definition) is 3. The van der Waals surface area contributed by atoms with Gasteiger partial charge in [0.2, 0.25) is 0 Å². The van der Waals surface area contributed by atoms with Crippen molar-refractivity contribution >= 4 is 11.7 Å². The van der Waals surface area contributed by atoms with E-state index in [1.54, 1.807) is 19.5 Å². The number of rotatable bonds is 4. The molecule has 0 unspecified atom stereocenters. The summed E-state index contributed by atoms with van der Waals surface area (Å²) in [7, 11) is 1.62. The Balaban J connectivity index is 2.01. The largest absolute Gasteiger partial charge is 0.496 e. The van der Waals surface area contributed by atoms with Gasteiger partial charge in [0, 0.05) is 30.2 Å². The predicted octanol–water partition coefficient (Wildman–Crippen LogP) is 3.03. The topological polar surface area (TPSA) is 63.2 Å². The van der Waals surface area contributed by atoms with Gasteiger partial charge < -0.3 is 15.4 Å². The van der Waals surface area contributed by atoms with E-state index in [4.69, 9.17) is 4.74 Å². The van der Waals surface area contributed by atoms with Gasteiger partial charge in [-0.2, -0.15) is 0 Å². The molecule has 5 heteroatoms. The summed E-state index contributed by atoms with van der Waals surface area (Å²) in [5.74, 6) is 0.763. The fourth-order valence-corrected chi connectivity index (χ4v) is 2.02. The van der Waals surface area contributed by atoms with E-state index < -0.39 is 0 Å². The Morgan fingerprint density at radius 1 is 1.24 bits per heavy atom. The maximum Gasteiger partial charge on any atom is 0.319 e. The second kappa shape index (κ2) is 6.74. The van der Waals surface area contributed by atoms with Gasteiger partial charge in [-0.1, -0.05) is 0 Å². The number of pyridine rings is 1. The number of hydrogen-bond donors (Lipinski definition) is 2. The molecule has 0 bridgehead atoms. The second-order valence-corrected chi connectivity index (χ2v) is 4.80. The van der Waals surface area contributed by atoms with Gasteiger partial charge >= 0.3 is 6.03 Å². The zero-order valence-corrected chi connectivity index (χ0v) is 12.4. The summed E-state index contributed by atoms with van der Waals surface area (Å²) in [4.78, 5) is 15.9. The first-order valence-electron chi connectivity index (χ1n) is 6.69. The second-order valence-electron chi connectivity index (χ2n) is 4.80. The number of ether oxygens (including phenoxy) is 1. The lowest BCUT2D eigenvalue weighted by Crippen LogP contribution is -2.28. The molecule has 0 radical (unpaired) electrons. The molecular weight excluding hydrogens is 266 g/mol. The molecule has 0 spiro atoms. The molecule has 2 rings (SSSR count). The first-order chi connectivity index (χ1) is 10.1. The minimum Gasteiger partial charge on any atom is -0.496 e. The molecule has 0 aliphatic rings. The average molecular weight is 285 g/mol. The lowest BCUT2D eigenvalue weighted by Gasteiger charge is -2.14. The average Bonchev–Trinajstić information content (AvgIpc) is 2.49. The SMILES string of the molecule is COc1cc(C)cc(NC(=O)NCc2ccncc2)c1C. The van der Waals surface area contributed by atoms with E-state index in [-0.39, 0.29) is 6.03 Å². The van der Waals surface area contributed by atoms with Crippen molar-refractivity contribution in [1.82, 2.24) is 10.3 Å². The molecule has 1 heterocycles. The molecular formula is C16H19N3O2. The molecule has 1 aromatic heterocycles. The van der Waals surface area contributed by atoms with Gasteiger partial charge in [0.1, 0.15) is 5.75 Å². The highest BCUT2D eigenvalue weighted by atomic mass is 16.5. The van der Waals surface area contributed by atoms with E-state index in [1.807, 2.05) is 38.1 Å². The number of aromatic nitrogens is 1. The highest BCUT2D eigenvalue weighted by Gasteiger charge is 2.09. The van der Waals surface area contributed by atoms with Crippen LogP contribution in [0, 0.1) is 13.8 Å². The third-order valence-electron chi connectivity index (χ3n) is 3.17. The molecule has 5 nitrogen and oxygen atoms in total. The molecule has 2 aromatic rings. The van der Waals surface area contributed by atoms with E-state index in [0.29, 0.717) is 6.54 Å². The summed E-state index contributed by atoms with van der Waals surface area (Å²) >= 11 is 0. The van der Waals surface area contributed by atoms with Crippen LogP contribution in [0.3, 0.4) is 0 Å². The minimum atomic E-state index is -0.248. The molecule has 1 aromatic carbocycles. The number of nitrogens with one attached hydrogen (secondary N) is 2. The number of methoxy groups -OCH3 is 1. The third kappa shape index (κ3) is 3.95. The normalized spacial score (nSPS) is 10.0. The van der Waals surface area contributed by atoms with Crippen molar-refractivity contribution in [2.45, 2.75) is 20.4 Å². The summed E-state index contributed by atoms with van der Waals surface area (Å²) in [6, 6.07) is 7.34. The van der Waals surface area contributed by atoms with Crippen LogP contribution >= 0.6 is 0 Å². The summed E-state index contributed by atoms with van der Waals surface area (Å²) < 4.78 is 5.30. The van der Waals surface area contributed by atoms with E-state index in [0.717, 1.165) is 28.1 Å². The Hall–Kier alpha value is -2.56. The highest BCUT2D eigenvalue weighted by molar-refractivity contribution is 5.90. The van der Waals surface area contributed by atoms with E-state index in [9.17, 15) is 4.79 Å². The van der Waals surface area contributed by atoms with E-state index in [1.165, 1.54) is 0 Å². The van der Waals surface area contributed by atoms with Gasteiger partial charge in [-0.15, -0.1) is 0 Å². The van der Waals surface area contributed by atoms with Gasteiger partial charge in [-0.25, -0.2) is 4.79 Å². The molecule has 21 heavy (non-hydrogen) atoms. The smallest absolute Gasteiger partial charge is 0.319 e. The fraction of sp³-hybridized carbons (Fsp3) is 0.250. The highest BCUT2D eigenvalue weighted by Crippen LogP contribution is 2.27. The number of urea groups is 1. The van der Waals surface area contributed by atoms with Crippen molar-refractivity contribution in [2.75, 3.05) is 12.4 Å². The quantitative estimate of drug-likeness (QED) is 0.907.